The Morgan fingerprint density at radius 1 is 1.41 bits per heavy atom. The van der Waals surface area contributed by atoms with Crippen molar-refractivity contribution in [2.24, 2.45) is 0 Å². The first kappa shape index (κ1) is 16.2. The van der Waals surface area contributed by atoms with E-state index in [2.05, 4.69) is 10.5 Å². The maximum Gasteiger partial charge on any atom is 0.273 e. The van der Waals surface area contributed by atoms with Gasteiger partial charge in [-0.3, -0.25) is 4.79 Å². The summed E-state index contributed by atoms with van der Waals surface area (Å²) >= 11 is 0. The minimum atomic E-state index is -0.370. The first-order valence-electron chi connectivity index (χ1n) is 6.74. The number of fused-ring (bicyclic) bond motifs is 1. The van der Waals surface area contributed by atoms with E-state index < -0.39 is 0 Å². The van der Waals surface area contributed by atoms with Gasteiger partial charge in [0.2, 0.25) is 0 Å². The van der Waals surface area contributed by atoms with Crippen LogP contribution in [0.3, 0.4) is 0 Å². The van der Waals surface area contributed by atoms with E-state index in [9.17, 15) is 4.79 Å². The topological polar surface area (TPSA) is 90.4 Å². The van der Waals surface area contributed by atoms with Crippen molar-refractivity contribution in [1.82, 2.24) is 10.5 Å². The number of carbonyl (C=O) groups is 1. The van der Waals surface area contributed by atoms with Gasteiger partial charge in [-0.15, -0.1) is 12.4 Å². The van der Waals surface area contributed by atoms with Crippen LogP contribution in [0.25, 0.3) is 0 Å². The number of hydrogen-bond donors (Lipinski definition) is 2. The van der Waals surface area contributed by atoms with Gasteiger partial charge in [-0.1, -0.05) is 5.16 Å². The summed E-state index contributed by atoms with van der Waals surface area (Å²) in [7, 11) is 0. The van der Waals surface area contributed by atoms with E-state index in [0.717, 1.165) is 11.3 Å². The lowest BCUT2D eigenvalue weighted by molar-refractivity contribution is 0.0617. The van der Waals surface area contributed by atoms with Crippen LogP contribution in [0.15, 0.2) is 35.1 Å². The van der Waals surface area contributed by atoms with Crippen LogP contribution in [0.5, 0.6) is 5.75 Å². The molecule has 2 aromatic rings. The van der Waals surface area contributed by atoms with E-state index in [0.29, 0.717) is 12.1 Å². The lowest BCUT2D eigenvalue weighted by Crippen LogP contribution is -2.41. The number of benzene rings is 1. The number of ether oxygens (including phenoxy) is 1. The Morgan fingerprint density at radius 3 is 2.86 bits per heavy atom. The molecule has 1 aliphatic rings. The summed E-state index contributed by atoms with van der Waals surface area (Å²) in [6.07, 6.45) is 2.02. The zero-order valence-electron chi connectivity index (χ0n) is 12.3. The van der Waals surface area contributed by atoms with Crippen LogP contribution < -0.4 is 15.8 Å². The van der Waals surface area contributed by atoms with Crippen molar-refractivity contribution in [1.29, 1.82) is 0 Å². The lowest BCUT2D eigenvalue weighted by atomic mass is 9.89. The lowest BCUT2D eigenvalue weighted by Gasteiger charge is -2.37. The zero-order valence-corrected chi connectivity index (χ0v) is 13.1. The molecule has 22 heavy (non-hydrogen) atoms. The maximum absolute atomic E-state index is 12.2. The first-order chi connectivity index (χ1) is 9.94. The zero-order chi connectivity index (χ0) is 15.0. The number of carbonyl (C=O) groups excluding carboxylic acids is 1. The third kappa shape index (κ3) is 3.17. The average molecular weight is 324 g/mol. The number of nitrogen functional groups attached to an aromatic ring is 1. The molecule has 118 valence electrons. The highest BCUT2D eigenvalue weighted by Crippen LogP contribution is 2.40. The van der Waals surface area contributed by atoms with E-state index in [1.54, 1.807) is 6.07 Å². The fourth-order valence-corrected chi connectivity index (χ4v) is 2.56. The first-order valence-corrected chi connectivity index (χ1v) is 6.74. The van der Waals surface area contributed by atoms with Crippen molar-refractivity contribution in [3.05, 3.63) is 41.8 Å². The number of anilines is 1. The molecule has 1 atom stereocenters. The van der Waals surface area contributed by atoms with E-state index in [1.165, 1.54) is 12.3 Å². The molecule has 0 saturated heterocycles. The molecule has 3 rings (SSSR count). The second kappa shape index (κ2) is 5.88. The fourth-order valence-electron chi connectivity index (χ4n) is 2.56. The Bertz CT molecular complexity index is 671. The molecule has 1 aliphatic heterocycles. The summed E-state index contributed by atoms with van der Waals surface area (Å²) in [5.74, 6) is 0.464. The van der Waals surface area contributed by atoms with Gasteiger partial charge in [0.25, 0.3) is 5.91 Å². The molecular weight excluding hydrogens is 306 g/mol. The van der Waals surface area contributed by atoms with Crippen LogP contribution in [0.4, 0.5) is 5.69 Å². The Hall–Kier alpha value is -2.21. The fraction of sp³-hybridized carbons (Fsp3) is 0.333. The highest BCUT2D eigenvalue weighted by atomic mass is 35.5. The van der Waals surface area contributed by atoms with Gasteiger partial charge < -0.3 is 20.3 Å². The van der Waals surface area contributed by atoms with Crippen LogP contribution in [0, 0.1) is 0 Å². The normalized spacial score (nSPS) is 18.5. The van der Waals surface area contributed by atoms with Gasteiger partial charge >= 0.3 is 0 Å². The summed E-state index contributed by atoms with van der Waals surface area (Å²) in [4.78, 5) is 12.2. The molecule has 0 fully saturated rings. The summed E-state index contributed by atoms with van der Waals surface area (Å²) < 4.78 is 10.6. The highest BCUT2D eigenvalue weighted by molar-refractivity contribution is 5.92. The largest absolute Gasteiger partial charge is 0.487 e. The molecule has 1 unspecified atom stereocenters. The van der Waals surface area contributed by atoms with E-state index in [1.807, 2.05) is 26.0 Å². The summed E-state index contributed by atoms with van der Waals surface area (Å²) in [6, 6.07) is 6.80. The van der Waals surface area contributed by atoms with E-state index in [-0.39, 0.29) is 35.7 Å². The highest BCUT2D eigenvalue weighted by Gasteiger charge is 2.35. The van der Waals surface area contributed by atoms with Gasteiger partial charge in [-0.25, -0.2) is 0 Å². The standard InChI is InChI=1S/C15H17N3O3.ClH/c1-15(2)8-12(17-14(19)11-5-6-20-18-11)10-7-9(16)3-4-13(10)21-15;/h3-7,12H,8,16H2,1-2H3,(H,17,19);1H. The predicted octanol–water partition coefficient (Wildman–Crippen LogP) is 2.71. The Morgan fingerprint density at radius 2 is 2.18 bits per heavy atom. The minimum absolute atomic E-state index is 0. The second-order valence-corrected chi connectivity index (χ2v) is 5.77. The average Bonchev–Trinajstić information content (AvgIpc) is 2.93. The molecule has 1 aromatic heterocycles. The van der Waals surface area contributed by atoms with Gasteiger partial charge in [-0.2, -0.15) is 0 Å². The van der Waals surface area contributed by atoms with Crippen molar-refractivity contribution in [3.63, 3.8) is 0 Å². The molecule has 0 aliphatic carbocycles. The molecule has 1 aromatic carbocycles. The summed E-state index contributed by atoms with van der Waals surface area (Å²) in [6.45, 7) is 3.98. The summed E-state index contributed by atoms with van der Waals surface area (Å²) in [5.41, 5.74) is 7.24. The maximum atomic E-state index is 12.2. The van der Waals surface area contributed by atoms with Crippen molar-refractivity contribution < 1.29 is 14.1 Å². The van der Waals surface area contributed by atoms with Gasteiger partial charge in [0.05, 0.1) is 6.04 Å². The Kier molecular flexibility index (Phi) is 4.32. The minimum Gasteiger partial charge on any atom is -0.487 e. The molecule has 2 heterocycles. The third-order valence-corrected chi connectivity index (χ3v) is 3.47. The second-order valence-electron chi connectivity index (χ2n) is 5.77. The van der Waals surface area contributed by atoms with Gasteiger partial charge in [0.15, 0.2) is 5.69 Å². The summed E-state index contributed by atoms with van der Waals surface area (Å²) in [5, 5.41) is 6.61. The van der Waals surface area contributed by atoms with E-state index >= 15 is 0 Å². The number of hydrogen-bond acceptors (Lipinski definition) is 5. The molecule has 0 spiro atoms. The van der Waals surface area contributed by atoms with Crippen molar-refractivity contribution in [3.8, 4) is 5.75 Å². The quantitative estimate of drug-likeness (QED) is 0.829. The molecule has 1 amide bonds. The van der Waals surface area contributed by atoms with Crippen molar-refractivity contribution in [2.45, 2.75) is 31.9 Å². The van der Waals surface area contributed by atoms with Gasteiger partial charge in [0.1, 0.15) is 17.6 Å². The van der Waals surface area contributed by atoms with Gasteiger partial charge in [0, 0.05) is 23.7 Å². The van der Waals surface area contributed by atoms with Crippen molar-refractivity contribution in [2.75, 3.05) is 5.73 Å². The van der Waals surface area contributed by atoms with Crippen LogP contribution in [0.2, 0.25) is 0 Å². The number of halogens is 1. The number of amides is 1. The number of nitrogens with one attached hydrogen (secondary N) is 1. The molecule has 0 bridgehead atoms. The van der Waals surface area contributed by atoms with Crippen LogP contribution in [-0.4, -0.2) is 16.7 Å². The number of aromatic nitrogens is 1. The van der Waals surface area contributed by atoms with E-state index in [4.69, 9.17) is 15.0 Å². The molecule has 0 radical (unpaired) electrons. The predicted molar refractivity (Wildman–Crippen MR) is 84.1 cm³/mol. The van der Waals surface area contributed by atoms with Crippen LogP contribution in [0.1, 0.15) is 42.4 Å². The molecular formula is C15H18ClN3O3. The Labute approximate surface area is 134 Å². The smallest absolute Gasteiger partial charge is 0.273 e. The molecule has 7 heteroatoms. The molecule has 3 N–H and O–H groups in total. The van der Waals surface area contributed by atoms with Crippen molar-refractivity contribution >= 4 is 24.0 Å². The third-order valence-electron chi connectivity index (χ3n) is 3.47. The van der Waals surface area contributed by atoms with Gasteiger partial charge in [-0.05, 0) is 32.0 Å². The number of rotatable bonds is 2. The van der Waals surface area contributed by atoms with Crippen LogP contribution in [-0.2, 0) is 0 Å². The number of nitrogens with two attached hydrogens (primary N) is 1. The molecule has 0 saturated carbocycles. The monoisotopic (exact) mass is 323 g/mol. The van der Waals surface area contributed by atoms with Crippen LogP contribution >= 0.6 is 12.4 Å². The SMILES string of the molecule is CC1(C)CC(NC(=O)c2ccon2)c2cc(N)ccc2O1.Cl. The number of nitrogens with zero attached hydrogens (tertiary/aromatic N) is 1. The Balaban J connectivity index is 0.00000176. The molecule has 6 nitrogen and oxygen atoms in total.